The number of ether oxygens (including phenoxy) is 2. The number of benzene rings is 3. The van der Waals surface area contributed by atoms with Gasteiger partial charge in [-0.15, -0.1) is 0 Å². The number of methoxy groups -OCH3 is 1. The Morgan fingerprint density at radius 2 is 1.68 bits per heavy atom. The average molecular weight is 380 g/mol. The van der Waals surface area contributed by atoms with Crippen LogP contribution < -0.4 is 14.8 Å². The lowest BCUT2D eigenvalue weighted by molar-refractivity contribution is 0.0996. The van der Waals surface area contributed by atoms with Crippen LogP contribution in [0.3, 0.4) is 0 Å². The van der Waals surface area contributed by atoms with Gasteiger partial charge >= 0.3 is 0 Å². The van der Waals surface area contributed by atoms with Crippen LogP contribution in [0.1, 0.15) is 19.4 Å². The molecule has 4 nitrogen and oxygen atoms in total. The molecule has 0 bridgehead atoms. The number of hydrogen-bond acceptors (Lipinski definition) is 4. The molecular formula is C24H29NO3. The van der Waals surface area contributed by atoms with E-state index in [-0.39, 0.29) is 12.1 Å². The Hall–Kier alpha value is -2.56. The van der Waals surface area contributed by atoms with E-state index in [0.717, 1.165) is 28.7 Å². The van der Waals surface area contributed by atoms with Gasteiger partial charge in [-0.1, -0.05) is 48.5 Å². The molecule has 0 aliphatic heterocycles. The van der Waals surface area contributed by atoms with Gasteiger partial charge < -0.3 is 19.9 Å². The van der Waals surface area contributed by atoms with E-state index in [2.05, 4.69) is 43.4 Å². The van der Waals surface area contributed by atoms with Crippen molar-refractivity contribution in [1.82, 2.24) is 5.32 Å². The summed E-state index contributed by atoms with van der Waals surface area (Å²) in [4.78, 5) is 0. The van der Waals surface area contributed by atoms with Gasteiger partial charge in [0.05, 0.1) is 7.11 Å². The van der Waals surface area contributed by atoms with E-state index in [9.17, 15) is 5.11 Å². The summed E-state index contributed by atoms with van der Waals surface area (Å²) in [6.07, 6.45) is 0.266. The van der Waals surface area contributed by atoms with Gasteiger partial charge in [0.1, 0.15) is 24.2 Å². The van der Waals surface area contributed by atoms with Gasteiger partial charge in [0.15, 0.2) is 0 Å². The smallest absolute Gasteiger partial charge is 0.127 e. The Morgan fingerprint density at radius 3 is 2.43 bits per heavy atom. The van der Waals surface area contributed by atoms with Crippen LogP contribution in [0.5, 0.6) is 11.5 Å². The van der Waals surface area contributed by atoms with Crippen LogP contribution >= 0.6 is 0 Å². The van der Waals surface area contributed by atoms with Gasteiger partial charge in [0, 0.05) is 17.5 Å². The molecule has 148 valence electrons. The Morgan fingerprint density at radius 1 is 0.964 bits per heavy atom. The van der Waals surface area contributed by atoms with Crippen molar-refractivity contribution in [3.8, 4) is 11.5 Å². The van der Waals surface area contributed by atoms with E-state index in [1.807, 2.05) is 42.5 Å². The highest BCUT2D eigenvalue weighted by Crippen LogP contribution is 2.25. The van der Waals surface area contributed by atoms with Crippen molar-refractivity contribution in [3.05, 3.63) is 72.3 Å². The van der Waals surface area contributed by atoms with E-state index < -0.39 is 6.10 Å². The summed E-state index contributed by atoms with van der Waals surface area (Å²) in [5, 5.41) is 16.0. The SMILES string of the molecule is COc1ccc(CC(C)(C)NC[C@H](O)COc2cccc3ccccc23)cc1. The highest BCUT2D eigenvalue weighted by atomic mass is 16.5. The predicted octanol–water partition coefficient (Wildman–Crippen LogP) is 4.20. The fraction of sp³-hybridized carbons (Fsp3) is 0.333. The monoisotopic (exact) mass is 379 g/mol. The number of nitrogens with one attached hydrogen (secondary N) is 1. The lowest BCUT2D eigenvalue weighted by Crippen LogP contribution is -2.46. The molecule has 3 aromatic rings. The van der Waals surface area contributed by atoms with Crippen LogP contribution in [0.2, 0.25) is 0 Å². The fourth-order valence-corrected chi connectivity index (χ4v) is 3.28. The zero-order valence-electron chi connectivity index (χ0n) is 16.8. The number of aliphatic hydroxyl groups is 1. The third-order valence-electron chi connectivity index (χ3n) is 4.80. The van der Waals surface area contributed by atoms with Gasteiger partial charge in [0.2, 0.25) is 0 Å². The molecule has 4 heteroatoms. The maximum absolute atomic E-state index is 10.4. The summed E-state index contributed by atoms with van der Waals surface area (Å²) in [6.45, 7) is 4.98. The van der Waals surface area contributed by atoms with Crippen LogP contribution in [0.25, 0.3) is 10.8 Å². The minimum Gasteiger partial charge on any atom is -0.497 e. The lowest BCUT2D eigenvalue weighted by Gasteiger charge is -2.28. The Bertz CT molecular complexity index is 885. The fourth-order valence-electron chi connectivity index (χ4n) is 3.28. The lowest BCUT2D eigenvalue weighted by atomic mass is 9.94. The molecule has 0 spiro atoms. The summed E-state index contributed by atoms with van der Waals surface area (Å²) in [5.41, 5.74) is 1.08. The quantitative estimate of drug-likeness (QED) is 0.585. The molecule has 0 fully saturated rings. The molecular weight excluding hydrogens is 350 g/mol. The van der Waals surface area contributed by atoms with Crippen molar-refractivity contribution in [2.24, 2.45) is 0 Å². The third kappa shape index (κ3) is 5.47. The molecule has 0 aliphatic rings. The first-order valence-electron chi connectivity index (χ1n) is 9.63. The van der Waals surface area contributed by atoms with Crippen LogP contribution in [-0.2, 0) is 6.42 Å². The molecule has 1 atom stereocenters. The first-order valence-corrected chi connectivity index (χ1v) is 9.63. The van der Waals surface area contributed by atoms with Crippen LogP contribution in [-0.4, -0.2) is 37.0 Å². The molecule has 0 aromatic heterocycles. The maximum Gasteiger partial charge on any atom is 0.127 e. The van der Waals surface area contributed by atoms with E-state index >= 15 is 0 Å². The van der Waals surface area contributed by atoms with Crippen LogP contribution in [0, 0.1) is 0 Å². The van der Waals surface area contributed by atoms with Crippen molar-refractivity contribution in [3.63, 3.8) is 0 Å². The summed E-state index contributed by atoms with van der Waals surface area (Å²) in [5.74, 6) is 1.66. The van der Waals surface area contributed by atoms with E-state index in [1.54, 1.807) is 7.11 Å². The molecule has 3 rings (SSSR count). The first-order chi connectivity index (χ1) is 13.5. The topological polar surface area (TPSA) is 50.7 Å². The molecule has 28 heavy (non-hydrogen) atoms. The van der Waals surface area contributed by atoms with Gasteiger partial charge in [-0.2, -0.15) is 0 Å². The summed E-state index contributed by atoms with van der Waals surface area (Å²) >= 11 is 0. The largest absolute Gasteiger partial charge is 0.497 e. The third-order valence-corrected chi connectivity index (χ3v) is 4.80. The summed E-state index contributed by atoms with van der Waals surface area (Å²) in [6, 6.07) is 22.2. The Kier molecular flexibility index (Phi) is 6.55. The normalized spacial score (nSPS) is 12.7. The zero-order valence-corrected chi connectivity index (χ0v) is 16.8. The second kappa shape index (κ2) is 9.09. The van der Waals surface area contributed by atoms with Gasteiger partial charge in [-0.05, 0) is 49.4 Å². The molecule has 3 aromatic carbocycles. The van der Waals surface area contributed by atoms with Gasteiger partial charge in [0.25, 0.3) is 0 Å². The minimum absolute atomic E-state index is 0.144. The van der Waals surface area contributed by atoms with Crippen molar-refractivity contribution in [1.29, 1.82) is 0 Å². The van der Waals surface area contributed by atoms with Crippen molar-refractivity contribution < 1.29 is 14.6 Å². The highest BCUT2D eigenvalue weighted by Gasteiger charge is 2.19. The minimum atomic E-state index is -0.589. The molecule has 0 saturated heterocycles. The van der Waals surface area contributed by atoms with E-state index in [0.29, 0.717) is 6.54 Å². The molecule has 0 unspecified atom stereocenters. The molecule has 2 N–H and O–H groups in total. The second-order valence-corrected chi connectivity index (χ2v) is 7.73. The molecule has 0 amide bonds. The summed E-state index contributed by atoms with van der Waals surface area (Å²) in [7, 11) is 1.67. The van der Waals surface area contributed by atoms with Crippen molar-refractivity contribution in [2.75, 3.05) is 20.3 Å². The number of aliphatic hydroxyl groups excluding tert-OH is 1. The standard InChI is InChI=1S/C24H29NO3/c1-24(2,15-18-11-13-21(27-3)14-12-18)25-16-20(26)17-28-23-10-6-8-19-7-4-5-9-22(19)23/h4-14,20,25-26H,15-17H2,1-3H3/t20-/m0/s1. The van der Waals surface area contributed by atoms with Crippen molar-refractivity contribution >= 4 is 10.8 Å². The van der Waals surface area contributed by atoms with Crippen LogP contribution in [0.4, 0.5) is 0 Å². The number of β-amino-alcohol motifs (C(OH)–C–C–N with tert-alkyl or cyclic N) is 1. The zero-order chi connectivity index (χ0) is 20.0. The Balaban J connectivity index is 1.50. The number of hydrogen-bond donors (Lipinski definition) is 2. The van der Waals surface area contributed by atoms with E-state index in [1.165, 1.54) is 5.56 Å². The molecule has 0 heterocycles. The van der Waals surface area contributed by atoms with Gasteiger partial charge in [-0.3, -0.25) is 0 Å². The molecule has 0 saturated carbocycles. The van der Waals surface area contributed by atoms with Crippen LogP contribution in [0.15, 0.2) is 66.7 Å². The predicted molar refractivity (Wildman–Crippen MR) is 114 cm³/mol. The first kappa shape index (κ1) is 20.2. The maximum atomic E-state index is 10.4. The Labute approximate surface area is 167 Å². The van der Waals surface area contributed by atoms with Gasteiger partial charge in [-0.25, -0.2) is 0 Å². The summed E-state index contributed by atoms with van der Waals surface area (Å²) < 4.78 is 11.1. The highest BCUT2D eigenvalue weighted by molar-refractivity contribution is 5.88. The van der Waals surface area contributed by atoms with E-state index in [4.69, 9.17) is 9.47 Å². The molecule has 0 radical (unpaired) electrons. The van der Waals surface area contributed by atoms with Crippen molar-refractivity contribution in [2.45, 2.75) is 31.9 Å². The number of rotatable bonds is 9. The number of fused-ring (bicyclic) bond motifs is 1. The molecule has 0 aliphatic carbocycles. The average Bonchev–Trinajstić information content (AvgIpc) is 2.71. The second-order valence-electron chi connectivity index (χ2n) is 7.73.